The van der Waals surface area contributed by atoms with Gasteiger partial charge in [-0.25, -0.2) is 9.59 Å². The van der Waals surface area contributed by atoms with Crippen LogP contribution in [-0.2, 0) is 11.2 Å². The van der Waals surface area contributed by atoms with Crippen molar-refractivity contribution in [2.75, 3.05) is 6.54 Å². The highest BCUT2D eigenvalue weighted by Gasteiger charge is 2.24. The van der Waals surface area contributed by atoms with Crippen LogP contribution in [0.3, 0.4) is 0 Å². The van der Waals surface area contributed by atoms with Gasteiger partial charge in [0.2, 0.25) is 6.39 Å². The van der Waals surface area contributed by atoms with Gasteiger partial charge in [0.25, 0.3) is 0 Å². The second kappa shape index (κ2) is 7.34. The molecule has 0 aliphatic heterocycles. The molecule has 2 atom stereocenters. The quantitative estimate of drug-likeness (QED) is 0.660. The fourth-order valence-electron chi connectivity index (χ4n) is 1.47. The minimum atomic E-state index is -1.04. The summed E-state index contributed by atoms with van der Waals surface area (Å²) in [5.41, 5.74) is 0. The van der Waals surface area contributed by atoms with Crippen LogP contribution in [0.1, 0.15) is 26.1 Å². The molecule has 3 N–H and O–H groups in total. The number of carbonyl (C=O) groups excluding carboxylic acids is 1. The van der Waals surface area contributed by atoms with Gasteiger partial charge in [-0.3, -0.25) is 0 Å². The SMILES string of the molecule is CC[C@H](C)[C@H](NC(=O)NCCc1ncon1)C(=O)O. The maximum Gasteiger partial charge on any atom is 0.326 e. The van der Waals surface area contributed by atoms with Crippen molar-refractivity contribution < 1.29 is 19.2 Å². The monoisotopic (exact) mass is 270 g/mol. The number of urea groups is 1. The predicted molar refractivity (Wildman–Crippen MR) is 65.4 cm³/mol. The molecule has 0 aromatic carbocycles. The molecule has 0 saturated heterocycles. The molecule has 2 amide bonds. The molecular formula is C11H18N4O4. The van der Waals surface area contributed by atoms with E-state index in [0.29, 0.717) is 25.2 Å². The lowest BCUT2D eigenvalue weighted by molar-refractivity contribution is -0.140. The van der Waals surface area contributed by atoms with E-state index < -0.39 is 18.0 Å². The van der Waals surface area contributed by atoms with Crippen molar-refractivity contribution in [3.05, 3.63) is 12.2 Å². The summed E-state index contributed by atoms with van der Waals surface area (Å²) in [6.45, 7) is 3.95. The van der Waals surface area contributed by atoms with Crippen LogP contribution in [0, 0.1) is 5.92 Å². The van der Waals surface area contributed by atoms with Crippen LogP contribution in [0.4, 0.5) is 4.79 Å². The number of nitrogens with one attached hydrogen (secondary N) is 2. The molecule has 8 nitrogen and oxygen atoms in total. The van der Waals surface area contributed by atoms with Gasteiger partial charge >= 0.3 is 12.0 Å². The van der Waals surface area contributed by atoms with E-state index in [4.69, 9.17) is 5.11 Å². The highest BCUT2D eigenvalue weighted by atomic mass is 16.5. The second-order valence-electron chi connectivity index (χ2n) is 4.20. The van der Waals surface area contributed by atoms with E-state index in [-0.39, 0.29) is 5.92 Å². The summed E-state index contributed by atoms with van der Waals surface area (Å²) in [6.07, 6.45) is 2.30. The molecule has 1 aromatic heterocycles. The Kier molecular flexibility index (Phi) is 5.77. The van der Waals surface area contributed by atoms with Crippen LogP contribution >= 0.6 is 0 Å². The van der Waals surface area contributed by atoms with Crippen LogP contribution in [0.25, 0.3) is 0 Å². The molecule has 106 valence electrons. The molecule has 8 heteroatoms. The largest absolute Gasteiger partial charge is 0.480 e. The number of aromatic nitrogens is 2. The van der Waals surface area contributed by atoms with Crippen molar-refractivity contribution in [1.82, 2.24) is 20.8 Å². The summed E-state index contributed by atoms with van der Waals surface area (Å²) in [5.74, 6) is -0.694. The van der Waals surface area contributed by atoms with E-state index in [1.54, 1.807) is 6.92 Å². The third-order valence-corrected chi connectivity index (χ3v) is 2.81. The zero-order valence-electron chi connectivity index (χ0n) is 10.9. The molecular weight excluding hydrogens is 252 g/mol. The zero-order valence-corrected chi connectivity index (χ0v) is 10.9. The number of aliphatic carboxylic acids is 1. The van der Waals surface area contributed by atoms with Crippen molar-refractivity contribution in [3.8, 4) is 0 Å². The van der Waals surface area contributed by atoms with E-state index in [1.165, 1.54) is 6.39 Å². The Balaban J connectivity index is 2.34. The van der Waals surface area contributed by atoms with Gasteiger partial charge in [0, 0.05) is 13.0 Å². The van der Waals surface area contributed by atoms with Crippen LogP contribution in [0.2, 0.25) is 0 Å². The van der Waals surface area contributed by atoms with Gasteiger partial charge in [-0.1, -0.05) is 25.4 Å². The number of amides is 2. The minimum Gasteiger partial charge on any atom is -0.480 e. The summed E-state index contributed by atoms with van der Waals surface area (Å²) in [6, 6.07) is -1.41. The molecule has 0 aliphatic rings. The number of nitrogens with zero attached hydrogens (tertiary/aromatic N) is 2. The fraction of sp³-hybridized carbons (Fsp3) is 0.636. The standard InChI is InChI=1S/C11H18N4O4/c1-3-7(2)9(10(16)17)14-11(18)12-5-4-8-13-6-19-15-8/h6-7,9H,3-5H2,1-2H3,(H,16,17)(H2,12,14,18)/t7-,9-/m0/s1. The lowest BCUT2D eigenvalue weighted by Crippen LogP contribution is -2.49. The first-order valence-corrected chi connectivity index (χ1v) is 6.07. The Morgan fingerprint density at radius 3 is 2.79 bits per heavy atom. The molecule has 0 unspecified atom stereocenters. The molecule has 1 aromatic rings. The maximum atomic E-state index is 11.6. The van der Waals surface area contributed by atoms with Gasteiger partial charge in [-0.2, -0.15) is 4.98 Å². The zero-order chi connectivity index (χ0) is 14.3. The van der Waals surface area contributed by atoms with Gasteiger partial charge in [-0.15, -0.1) is 0 Å². The Morgan fingerprint density at radius 1 is 1.53 bits per heavy atom. The molecule has 1 heterocycles. The highest BCUT2D eigenvalue weighted by Crippen LogP contribution is 2.07. The first kappa shape index (κ1) is 14.9. The third-order valence-electron chi connectivity index (χ3n) is 2.81. The van der Waals surface area contributed by atoms with E-state index in [1.807, 2.05) is 6.92 Å². The number of carbonyl (C=O) groups is 2. The third kappa shape index (κ3) is 4.94. The van der Waals surface area contributed by atoms with Crippen LogP contribution in [0.15, 0.2) is 10.9 Å². The van der Waals surface area contributed by atoms with E-state index >= 15 is 0 Å². The average molecular weight is 270 g/mol. The predicted octanol–water partition coefficient (Wildman–Crippen LogP) is 0.411. The maximum absolute atomic E-state index is 11.6. The first-order chi connectivity index (χ1) is 9.04. The molecule has 0 aliphatic carbocycles. The summed E-state index contributed by atoms with van der Waals surface area (Å²) in [4.78, 5) is 26.4. The number of rotatable bonds is 7. The summed E-state index contributed by atoms with van der Waals surface area (Å²) in [5, 5.41) is 17.6. The number of hydrogen-bond donors (Lipinski definition) is 3. The smallest absolute Gasteiger partial charge is 0.326 e. The minimum absolute atomic E-state index is 0.138. The normalized spacial score (nSPS) is 13.6. The van der Waals surface area contributed by atoms with E-state index in [9.17, 15) is 9.59 Å². The van der Waals surface area contributed by atoms with Crippen molar-refractivity contribution in [2.24, 2.45) is 5.92 Å². The van der Waals surface area contributed by atoms with Gasteiger partial charge in [0.05, 0.1) is 0 Å². The summed E-state index contributed by atoms with van der Waals surface area (Å²) in [7, 11) is 0. The summed E-state index contributed by atoms with van der Waals surface area (Å²) < 4.78 is 4.55. The number of carboxylic acid groups (broad SMARTS) is 1. The fourth-order valence-corrected chi connectivity index (χ4v) is 1.47. The molecule has 0 spiro atoms. The van der Waals surface area contributed by atoms with Gasteiger partial charge < -0.3 is 20.3 Å². The Morgan fingerprint density at radius 2 is 2.26 bits per heavy atom. The van der Waals surface area contributed by atoms with Crippen molar-refractivity contribution >= 4 is 12.0 Å². The molecule has 0 bridgehead atoms. The van der Waals surface area contributed by atoms with Crippen LogP contribution < -0.4 is 10.6 Å². The van der Waals surface area contributed by atoms with Crippen molar-refractivity contribution in [3.63, 3.8) is 0 Å². The Labute approximate surface area is 110 Å². The van der Waals surface area contributed by atoms with Gasteiger partial charge in [-0.05, 0) is 5.92 Å². The molecule has 0 radical (unpaired) electrons. The molecule has 0 saturated carbocycles. The Hall–Kier alpha value is -2.12. The lowest BCUT2D eigenvalue weighted by Gasteiger charge is -2.20. The van der Waals surface area contributed by atoms with E-state index in [2.05, 4.69) is 25.3 Å². The van der Waals surface area contributed by atoms with Crippen molar-refractivity contribution in [1.29, 1.82) is 0 Å². The topological polar surface area (TPSA) is 117 Å². The molecule has 1 rings (SSSR count). The van der Waals surface area contributed by atoms with Crippen LogP contribution in [-0.4, -0.2) is 39.8 Å². The molecule has 0 fully saturated rings. The van der Waals surface area contributed by atoms with Gasteiger partial charge in [0.1, 0.15) is 6.04 Å². The molecule has 19 heavy (non-hydrogen) atoms. The highest BCUT2D eigenvalue weighted by molar-refractivity contribution is 5.82. The number of carboxylic acids is 1. The van der Waals surface area contributed by atoms with E-state index in [0.717, 1.165) is 0 Å². The Bertz CT molecular complexity index is 407. The second-order valence-corrected chi connectivity index (χ2v) is 4.20. The van der Waals surface area contributed by atoms with Crippen molar-refractivity contribution in [2.45, 2.75) is 32.7 Å². The summed E-state index contributed by atoms with van der Waals surface area (Å²) >= 11 is 0. The van der Waals surface area contributed by atoms with Gasteiger partial charge in [0.15, 0.2) is 5.82 Å². The van der Waals surface area contributed by atoms with Crippen LogP contribution in [0.5, 0.6) is 0 Å². The average Bonchev–Trinajstić information content (AvgIpc) is 2.87. The first-order valence-electron chi connectivity index (χ1n) is 6.07. The lowest BCUT2D eigenvalue weighted by atomic mass is 9.99. The number of hydrogen-bond acceptors (Lipinski definition) is 5.